The molecule has 1 N–H and O–H groups in total. The number of carbonyl (C=O) groups excluding carboxylic acids is 1. The monoisotopic (exact) mass is 242 g/mol. The van der Waals surface area contributed by atoms with E-state index in [1.807, 2.05) is 0 Å². The molecule has 4 atom stereocenters. The highest BCUT2D eigenvalue weighted by Crippen LogP contribution is 2.35. The summed E-state index contributed by atoms with van der Waals surface area (Å²) >= 11 is 0. The lowest BCUT2D eigenvalue weighted by Gasteiger charge is -2.36. The average Bonchev–Trinajstić information content (AvgIpc) is 2.15. The van der Waals surface area contributed by atoms with Gasteiger partial charge in [-0.05, 0) is 37.5 Å². The molecule has 0 amide bonds. The molecule has 0 aromatic heterocycles. The fourth-order valence-electron chi connectivity index (χ4n) is 2.71. The Morgan fingerprint density at radius 1 is 1.35 bits per heavy atom. The van der Waals surface area contributed by atoms with Crippen LogP contribution >= 0.6 is 0 Å². The van der Waals surface area contributed by atoms with E-state index in [0.717, 1.165) is 12.8 Å². The van der Waals surface area contributed by atoms with E-state index in [9.17, 15) is 9.90 Å². The summed E-state index contributed by atoms with van der Waals surface area (Å²) in [7, 11) is 0. The Morgan fingerprint density at radius 3 is 2.53 bits per heavy atom. The molecule has 100 valence electrons. The molecule has 0 radical (unpaired) electrons. The topological polar surface area (TPSA) is 46.5 Å². The zero-order chi connectivity index (χ0) is 13.0. The summed E-state index contributed by atoms with van der Waals surface area (Å²) in [6.07, 6.45) is 2.88. The summed E-state index contributed by atoms with van der Waals surface area (Å²) in [6.45, 7) is 8.21. The van der Waals surface area contributed by atoms with Crippen LogP contribution in [0.5, 0.6) is 0 Å². The molecule has 1 aliphatic rings. The number of ether oxygens (including phenoxy) is 1. The minimum Gasteiger partial charge on any atom is -0.462 e. The molecule has 3 unspecified atom stereocenters. The van der Waals surface area contributed by atoms with Crippen LogP contribution in [-0.2, 0) is 9.53 Å². The van der Waals surface area contributed by atoms with Gasteiger partial charge < -0.3 is 9.84 Å². The SMILES string of the molecule is CC(O)CC(=O)O[C@H]1CC(C)CCC1C(C)C. The van der Waals surface area contributed by atoms with Gasteiger partial charge in [0.05, 0.1) is 12.5 Å². The zero-order valence-electron chi connectivity index (χ0n) is 11.5. The second-order valence-electron chi connectivity index (χ2n) is 5.91. The molecule has 3 nitrogen and oxygen atoms in total. The lowest BCUT2D eigenvalue weighted by atomic mass is 9.75. The molecular formula is C14H26O3. The maximum absolute atomic E-state index is 11.6. The lowest BCUT2D eigenvalue weighted by Crippen LogP contribution is -2.36. The van der Waals surface area contributed by atoms with Crippen LogP contribution in [0.25, 0.3) is 0 Å². The largest absolute Gasteiger partial charge is 0.462 e. The first-order valence-corrected chi connectivity index (χ1v) is 6.77. The van der Waals surface area contributed by atoms with E-state index in [1.165, 1.54) is 6.42 Å². The first kappa shape index (κ1) is 14.5. The van der Waals surface area contributed by atoms with Crippen molar-refractivity contribution < 1.29 is 14.6 Å². The molecular weight excluding hydrogens is 216 g/mol. The van der Waals surface area contributed by atoms with Crippen LogP contribution in [-0.4, -0.2) is 23.3 Å². The third-order valence-corrected chi connectivity index (χ3v) is 3.71. The molecule has 0 heterocycles. The Kier molecular flexibility index (Phi) is 5.44. The van der Waals surface area contributed by atoms with E-state index in [1.54, 1.807) is 6.92 Å². The Balaban J connectivity index is 2.54. The summed E-state index contributed by atoms with van der Waals surface area (Å²) < 4.78 is 5.55. The molecule has 0 saturated heterocycles. The van der Waals surface area contributed by atoms with Gasteiger partial charge in [0.15, 0.2) is 0 Å². The van der Waals surface area contributed by atoms with Gasteiger partial charge in [-0.25, -0.2) is 0 Å². The van der Waals surface area contributed by atoms with Crippen molar-refractivity contribution in [1.29, 1.82) is 0 Å². The van der Waals surface area contributed by atoms with Crippen LogP contribution in [0, 0.1) is 17.8 Å². The van der Waals surface area contributed by atoms with Crippen LogP contribution < -0.4 is 0 Å². The van der Waals surface area contributed by atoms with Crippen LogP contribution in [0.3, 0.4) is 0 Å². The van der Waals surface area contributed by atoms with E-state index >= 15 is 0 Å². The summed E-state index contributed by atoms with van der Waals surface area (Å²) in [4.78, 5) is 11.6. The number of esters is 1. The van der Waals surface area contributed by atoms with Crippen molar-refractivity contribution in [3.63, 3.8) is 0 Å². The number of hydrogen-bond acceptors (Lipinski definition) is 3. The van der Waals surface area contributed by atoms with E-state index in [0.29, 0.717) is 17.8 Å². The van der Waals surface area contributed by atoms with Crippen molar-refractivity contribution in [3.8, 4) is 0 Å². The highest BCUT2D eigenvalue weighted by molar-refractivity contribution is 5.70. The predicted octanol–water partition coefficient (Wildman–Crippen LogP) is 2.76. The van der Waals surface area contributed by atoms with Gasteiger partial charge in [-0.15, -0.1) is 0 Å². The fourth-order valence-corrected chi connectivity index (χ4v) is 2.71. The second kappa shape index (κ2) is 6.39. The number of rotatable bonds is 4. The Morgan fingerprint density at radius 2 is 2.00 bits per heavy atom. The van der Waals surface area contributed by atoms with Crippen LogP contribution in [0.15, 0.2) is 0 Å². The summed E-state index contributed by atoms with van der Waals surface area (Å²) in [5.41, 5.74) is 0. The van der Waals surface area contributed by atoms with Crippen molar-refractivity contribution in [1.82, 2.24) is 0 Å². The molecule has 17 heavy (non-hydrogen) atoms. The van der Waals surface area contributed by atoms with Crippen molar-refractivity contribution in [3.05, 3.63) is 0 Å². The summed E-state index contributed by atoms with van der Waals surface area (Å²) in [5, 5.41) is 9.18. The van der Waals surface area contributed by atoms with Crippen molar-refractivity contribution in [2.45, 2.75) is 65.6 Å². The number of hydrogen-bond donors (Lipinski definition) is 1. The van der Waals surface area contributed by atoms with Gasteiger partial charge in [0.25, 0.3) is 0 Å². The molecule has 0 aromatic carbocycles. The maximum Gasteiger partial charge on any atom is 0.308 e. The Bertz CT molecular complexity index is 248. The minimum atomic E-state index is -0.610. The van der Waals surface area contributed by atoms with Gasteiger partial charge in [-0.2, -0.15) is 0 Å². The van der Waals surface area contributed by atoms with Gasteiger partial charge in [0, 0.05) is 0 Å². The van der Waals surface area contributed by atoms with Crippen LogP contribution in [0.4, 0.5) is 0 Å². The van der Waals surface area contributed by atoms with Crippen molar-refractivity contribution in [2.24, 2.45) is 17.8 Å². The first-order chi connectivity index (χ1) is 7.90. The zero-order valence-corrected chi connectivity index (χ0v) is 11.5. The normalized spacial score (nSPS) is 31.3. The second-order valence-corrected chi connectivity index (χ2v) is 5.91. The highest BCUT2D eigenvalue weighted by Gasteiger charge is 2.33. The molecule has 1 fully saturated rings. The van der Waals surface area contributed by atoms with Gasteiger partial charge in [-0.1, -0.05) is 27.2 Å². The van der Waals surface area contributed by atoms with E-state index < -0.39 is 6.10 Å². The van der Waals surface area contributed by atoms with Crippen LogP contribution in [0.2, 0.25) is 0 Å². The summed E-state index contributed by atoms with van der Waals surface area (Å²) in [6, 6.07) is 0. The van der Waals surface area contributed by atoms with Crippen LogP contribution in [0.1, 0.15) is 53.4 Å². The maximum atomic E-state index is 11.6. The lowest BCUT2D eigenvalue weighted by molar-refractivity contribution is -0.157. The molecule has 0 aliphatic heterocycles. The number of aliphatic hydroxyl groups excluding tert-OH is 1. The van der Waals surface area contributed by atoms with Crippen molar-refractivity contribution >= 4 is 5.97 Å². The van der Waals surface area contributed by atoms with E-state index in [-0.39, 0.29) is 18.5 Å². The third-order valence-electron chi connectivity index (χ3n) is 3.71. The smallest absolute Gasteiger partial charge is 0.308 e. The molecule has 0 aromatic rings. The molecule has 0 spiro atoms. The molecule has 3 heteroatoms. The summed E-state index contributed by atoms with van der Waals surface area (Å²) in [5.74, 6) is 1.40. The Labute approximate surface area is 105 Å². The third kappa shape index (κ3) is 4.66. The average molecular weight is 242 g/mol. The van der Waals surface area contributed by atoms with Gasteiger partial charge in [0.2, 0.25) is 0 Å². The fraction of sp³-hybridized carbons (Fsp3) is 0.929. The molecule has 1 saturated carbocycles. The van der Waals surface area contributed by atoms with Crippen molar-refractivity contribution in [2.75, 3.05) is 0 Å². The molecule has 0 bridgehead atoms. The van der Waals surface area contributed by atoms with Gasteiger partial charge in [0.1, 0.15) is 6.10 Å². The first-order valence-electron chi connectivity index (χ1n) is 6.77. The number of aliphatic hydroxyl groups is 1. The predicted molar refractivity (Wildman–Crippen MR) is 67.5 cm³/mol. The Hall–Kier alpha value is -0.570. The highest BCUT2D eigenvalue weighted by atomic mass is 16.5. The molecule has 1 aliphatic carbocycles. The minimum absolute atomic E-state index is 0.0463. The standard InChI is InChI=1S/C14H26O3/c1-9(2)12-6-5-10(3)7-13(12)17-14(16)8-11(4)15/h9-13,15H,5-8H2,1-4H3/t10?,11?,12?,13-/m0/s1. The quantitative estimate of drug-likeness (QED) is 0.771. The molecule has 1 rings (SSSR count). The van der Waals surface area contributed by atoms with E-state index in [2.05, 4.69) is 20.8 Å². The van der Waals surface area contributed by atoms with Gasteiger partial charge >= 0.3 is 5.97 Å². The van der Waals surface area contributed by atoms with Gasteiger partial charge in [-0.3, -0.25) is 4.79 Å². The van der Waals surface area contributed by atoms with E-state index in [4.69, 9.17) is 4.74 Å². The number of carbonyl (C=O) groups is 1.